The van der Waals surface area contributed by atoms with Crippen LogP contribution in [0.4, 0.5) is 0 Å². The number of likely N-dealkylation sites (tertiary alicyclic amines) is 1. The molecule has 1 fully saturated rings. The highest BCUT2D eigenvalue weighted by Crippen LogP contribution is 2.46. The third-order valence-corrected chi connectivity index (χ3v) is 5.57. The van der Waals surface area contributed by atoms with Crippen molar-refractivity contribution in [3.8, 4) is 0 Å². The van der Waals surface area contributed by atoms with Gasteiger partial charge in [0.15, 0.2) is 0 Å². The SMILES string of the molecule is C=C(C(C)CC)N1CCC(C(=C)C)(C2=CCCC=C2)CC1. The van der Waals surface area contributed by atoms with E-state index in [0.717, 1.165) is 13.1 Å². The first kappa shape index (κ1) is 16.1. The Balaban J connectivity index is 2.12. The van der Waals surface area contributed by atoms with Crippen molar-refractivity contribution in [2.45, 2.75) is 52.9 Å². The van der Waals surface area contributed by atoms with Gasteiger partial charge < -0.3 is 4.90 Å². The van der Waals surface area contributed by atoms with E-state index in [4.69, 9.17) is 0 Å². The first-order chi connectivity index (χ1) is 10.0. The molecular weight excluding hydrogens is 254 g/mol. The van der Waals surface area contributed by atoms with E-state index in [-0.39, 0.29) is 5.41 Å². The molecule has 1 heterocycles. The third-order valence-electron chi connectivity index (χ3n) is 5.57. The molecule has 1 aliphatic carbocycles. The minimum Gasteiger partial charge on any atom is -0.375 e. The van der Waals surface area contributed by atoms with Crippen molar-refractivity contribution in [1.82, 2.24) is 4.90 Å². The minimum atomic E-state index is 0.198. The first-order valence-corrected chi connectivity index (χ1v) is 8.48. The third kappa shape index (κ3) is 3.17. The minimum absolute atomic E-state index is 0.198. The maximum absolute atomic E-state index is 4.33. The van der Waals surface area contributed by atoms with E-state index in [0.29, 0.717) is 5.92 Å². The maximum atomic E-state index is 4.33. The normalized spacial score (nSPS) is 22.6. The number of hydrogen-bond donors (Lipinski definition) is 0. The summed E-state index contributed by atoms with van der Waals surface area (Å²) in [5, 5.41) is 0. The van der Waals surface area contributed by atoms with Crippen LogP contribution in [0.1, 0.15) is 52.9 Å². The van der Waals surface area contributed by atoms with E-state index in [1.54, 1.807) is 0 Å². The summed E-state index contributed by atoms with van der Waals surface area (Å²) < 4.78 is 0. The molecule has 2 rings (SSSR count). The van der Waals surface area contributed by atoms with Crippen molar-refractivity contribution in [2.24, 2.45) is 11.3 Å². The molecule has 0 amide bonds. The fraction of sp³-hybridized carbons (Fsp3) is 0.600. The molecular formula is C20H31N. The Labute approximate surface area is 131 Å². The number of allylic oxidation sites excluding steroid dienone is 6. The lowest BCUT2D eigenvalue weighted by atomic mass is 9.67. The Morgan fingerprint density at radius 3 is 2.43 bits per heavy atom. The first-order valence-electron chi connectivity index (χ1n) is 8.48. The molecule has 1 heteroatoms. The van der Waals surface area contributed by atoms with Crippen LogP contribution < -0.4 is 0 Å². The molecule has 1 nitrogen and oxygen atoms in total. The molecule has 1 saturated heterocycles. The Kier molecular flexibility index (Phi) is 5.13. The highest BCUT2D eigenvalue weighted by atomic mass is 15.1. The predicted octanol–water partition coefficient (Wildman–Crippen LogP) is 5.48. The fourth-order valence-electron chi connectivity index (χ4n) is 3.65. The zero-order chi connectivity index (χ0) is 15.5. The molecule has 0 spiro atoms. The van der Waals surface area contributed by atoms with Gasteiger partial charge in [-0.15, -0.1) is 0 Å². The summed E-state index contributed by atoms with van der Waals surface area (Å²) in [4.78, 5) is 2.50. The average Bonchev–Trinajstić information content (AvgIpc) is 2.54. The Morgan fingerprint density at radius 1 is 1.29 bits per heavy atom. The van der Waals surface area contributed by atoms with Crippen molar-refractivity contribution in [2.75, 3.05) is 13.1 Å². The second-order valence-corrected chi connectivity index (χ2v) is 6.79. The van der Waals surface area contributed by atoms with Crippen LogP contribution in [-0.2, 0) is 0 Å². The van der Waals surface area contributed by atoms with Crippen LogP contribution in [-0.4, -0.2) is 18.0 Å². The van der Waals surface area contributed by atoms with Crippen LogP contribution in [0.15, 0.2) is 48.2 Å². The van der Waals surface area contributed by atoms with Crippen LogP contribution in [0.3, 0.4) is 0 Å². The van der Waals surface area contributed by atoms with Gasteiger partial charge in [0, 0.05) is 24.2 Å². The zero-order valence-electron chi connectivity index (χ0n) is 14.1. The van der Waals surface area contributed by atoms with Crippen LogP contribution in [0.25, 0.3) is 0 Å². The predicted molar refractivity (Wildman–Crippen MR) is 93.1 cm³/mol. The van der Waals surface area contributed by atoms with Crippen molar-refractivity contribution >= 4 is 0 Å². The molecule has 116 valence electrons. The molecule has 0 saturated carbocycles. The molecule has 0 aromatic heterocycles. The monoisotopic (exact) mass is 285 g/mol. The Bertz CT molecular complexity index is 458. The topological polar surface area (TPSA) is 3.24 Å². The summed E-state index contributed by atoms with van der Waals surface area (Å²) in [6, 6.07) is 0. The second-order valence-electron chi connectivity index (χ2n) is 6.79. The summed E-state index contributed by atoms with van der Waals surface area (Å²) in [5.41, 5.74) is 4.36. The lowest BCUT2D eigenvalue weighted by Crippen LogP contribution is -2.41. The van der Waals surface area contributed by atoms with Crippen LogP contribution in [0.2, 0.25) is 0 Å². The second kappa shape index (κ2) is 6.68. The molecule has 2 aliphatic rings. The molecule has 21 heavy (non-hydrogen) atoms. The highest BCUT2D eigenvalue weighted by Gasteiger charge is 2.38. The van der Waals surface area contributed by atoms with Crippen LogP contribution >= 0.6 is 0 Å². The molecule has 1 aliphatic heterocycles. The van der Waals surface area contributed by atoms with E-state index in [1.165, 1.54) is 48.9 Å². The van der Waals surface area contributed by atoms with Crippen molar-refractivity contribution in [3.63, 3.8) is 0 Å². The quantitative estimate of drug-likeness (QED) is 0.604. The Hall–Kier alpha value is -1.24. The van der Waals surface area contributed by atoms with Gasteiger partial charge in [-0.2, -0.15) is 0 Å². The van der Waals surface area contributed by atoms with Gasteiger partial charge in [-0.25, -0.2) is 0 Å². The van der Waals surface area contributed by atoms with Crippen LogP contribution in [0, 0.1) is 11.3 Å². The number of rotatable bonds is 5. The van der Waals surface area contributed by atoms with Gasteiger partial charge in [0.05, 0.1) is 0 Å². The summed E-state index contributed by atoms with van der Waals surface area (Å²) in [6.07, 6.45) is 13.0. The molecule has 0 radical (unpaired) electrons. The van der Waals surface area contributed by atoms with E-state index in [2.05, 4.69) is 57.1 Å². The maximum Gasteiger partial charge on any atom is 0.0186 e. The van der Waals surface area contributed by atoms with Crippen molar-refractivity contribution in [3.05, 3.63) is 48.2 Å². The smallest absolute Gasteiger partial charge is 0.0186 e. The van der Waals surface area contributed by atoms with E-state index < -0.39 is 0 Å². The molecule has 0 aromatic rings. The summed E-state index contributed by atoms with van der Waals surface area (Å²) >= 11 is 0. The number of nitrogens with zero attached hydrogens (tertiary/aromatic N) is 1. The summed E-state index contributed by atoms with van der Waals surface area (Å²) in [7, 11) is 0. The van der Waals surface area contributed by atoms with E-state index >= 15 is 0 Å². The molecule has 0 bridgehead atoms. The average molecular weight is 285 g/mol. The van der Waals surface area contributed by atoms with Crippen LogP contribution in [0.5, 0.6) is 0 Å². The van der Waals surface area contributed by atoms with E-state index in [9.17, 15) is 0 Å². The van der Waals surface area contributed by atoms with Gasteiger partial charge >= 0.3 is 0 Å². The highest BCUT2D eigenvalue weighted by molar-refractivity contribution is 5.37. The van der Waals surface area contributed by atoms with Crippen molar-refractivity contribution in [1.29, 1.82) is 0 Å². The lowest BCUT2D eigenvalue weighted by Gasteiger charge is -2.46. The van der Waals surface area contributed by atoms with Gasteiger partial charge in [-0.1, -0.05) is 50.8 Å². The van der Waals surface area contributed by atoms with E-state index in [1.807, 2.05) is 0 Å². The number of piperidine rings is 1. The standard InChI is InChI=1S/C20H31N/c1-6-17(4)18(5)21-14-12-20(13-15-21,16(2)3)19-10-8-7-9-11-19/h8,10-11,17H,2,5-7,9,12-15H2,1,3-4H3. The van der Waals surface area contributed by atoms with Crippen molar-refractivity contribution < 1.29 is 0 Å². The summed E-state index contributed by atoms with van der Waals surface area (Å²) in [6.45, 7) is 17.6. The molecule has 0 aromatic carbocycles. The zero-order valence-corrected chi connectivity index (χ0v) is 14.1. The fourth-order valence-corrected chi connectivity index (χ4v) is 3.65. The Morgan fingerprint density at radius 2 is 1.95 bits per heavy atom. The largest absolute Gasteiger partial charge is 0.375 e. The van der Waals surface area contributed by atoms with Gasteiger partial charge in [-0.3, -0.25) is 0 Å². The number of hydrogen-bond acceptors (Lipinski definition) is 1. The summed E-state index contributed by atoms with van der Waals surface area (Å²) in [5.74, 6) is 0.594. The van der Waals surface area contributed by atoms with Gasteiger partial charge in [0.2, 0.25) is 0 Å². The molecule has 0 N–H and O–H groups in total. The molecule has 1 unspecified atom stereocenters. The molecule has 1 atom stereocenters. The van der Waals surface area contributed by atoms with Gasteiger partial charge in [0.1, 0.15) is 0 Å². The van der Waals surface area contributed by atoms with Gasteiger partial charge in [-0.05, 0) is 50.5 Å². The van der Waals surface area contributed by atoms with Gasteiger partial charge in [0.25, 0.3) is 0 Å². The lowest BCUT2D eigenvalue weighted by molar-refractivity contribution is 0.178.